The third-order valence-electron chi connectivity index (χ3n) is 8.02. The number of benzene rings is 1. The molecule has 0 saturated heterocycles. The minimum atomic E-state index is -1.22. The molecule has 0 aromatic heterocycles. The molecule has 2 heterocycles. The van der Waals surface area contributed by atoms with Gasteiger partial charge in [0.05, 0.1) is 12.2 Å². The monoisotopic (exact) mass is 424 g/mol. The molecule has 2 aliphatic carbocycles. The molecule has 2 bridgehead atoms. The zero-order chi connectivity index (χ0) is 22.0. The number of ether oxygens (including phenoxy) is 3. The van der Waals surface area contributed by atoms with E-state index in [1.165, 1.54) is 0 Å². The van der Waals surface area contributed by atoms with Gasteiger partial charge < -0.3 is 19.3 Å². The van der Waals surface area contributed by atoms with Crippen LogP contribution in [0, 0.1) is 17.3 Å². The zero-order valence-electron chi connectivity index (χ0n) is 17.9. The molecule has 2 fully saturated rings. The second-order valence-electron chi connectivity index (χ2n) is 9.51. The van der Waals surface area contributed by atoms with Crippen LogP contribution in [0.2, 0.25) is 0 Å². The highest BCUT2D eigenvalue weighted by atomic mass is 16.6. The number of ketones is 1. The molecule has 6 heteroatoms. The average Bonchev–Trinajstić information content (AvgIpc) is 3.00. The number of carbonyl (C=O) groups is 2. The molecular formula is C25H28O6. The number of esters is 1. The molecule has 0 amide bonds. The van der Waals surface area contributed by atoms with Crippen molar-refractivity contribution in [3.63, 3.8) is 0 Å². The van der Waals surface area contributed by atoms with Gasteiger partial charge in [-0.05, 0) is 18.4 Å². The van der Waals surface area contributed by atoms with Crippen molar-refractivity contribution >= 4 is 11.8 Å². The van der Waals surface area contributed by atoms with Crippen LogP contribution in [0.15, 0.2) is 54.0 Å². The summed E-state index contributed by atoms with van der Waals surface area (Å²) in [5.41, 5.74) is -1.27. The summed E-state index contributed by atoms with van der Waals surface area (Å²) in [5, 5.41) is 12.0. The lowest BCUT2D eigenvalue weighted by molar-refractivity contribution is -0.263. The first kappa shape index (κ1) is 20.5. The Morgan fingerprint density at radius 2 is 1.97 bits per heavy atom. The van der Waals surface area contributed by atoms with E-state index in [1.807, 2.05) is 44.2 Å². The van der Waals surface area contributed by atoms with E-state index >= 15 is 0 Å². The summed E-state index contributed by atoms with van der Waals surface area (Å²) in [4.78, 5) is 26.3. The highest BCUT2D eigenvalue weighted by Crippen LogP contribution is 2.60. The fourth-order valence-corrected chi connectivity index (χ4v) is 6.24. The summed E-state index contributed by atoms with van der Waals surface area (Å²) in [7, 11) is 0. The van der Waals surface area contributed by atoms with E-state index in [9.17, 15) is 14.7 Å². The van der Waals surface area contributed by atoms with Crippen LogP contribution >= 0.6 is 0 Å². The first-order valence-corrected chi connectivity index (χ1v) is 11.0. The van der Waals surface area contributed by atoms with E-state index in [-0.39, 0.29) is 34.7 Å². The molecule has 164 valence electrons. The number of Topliss-reactive ketones (excluding diaryl/α,β-unsaturated/α-hetero) is 1. The molecule has 0 spiro atoms. The Bertz CT molecular complexity index is 981. The van der Waals surface area contributed by atoms with Gasteiger partial charge in [0.2, 0.25) is 0 Å². The lowest BCUT2D eigenvalue weighted by Gasteiger charge is -2.60. The van der Waals surface area contributed by atoms with Crippen molar-refractivity contribution in [2.45, 2.75) is 63.9 Å². The van der Waals surface area contributed by atoms with E-state index in [1.54, 1.807) is 0 Å². The number of cyclic esters (lactones) is 1. The molecule has 1 N–H and O–H groups in total. The van der Waals surface area contributed by atoms with Crippen LogP contribution in [-0.2, 0) is 30.4 Å². The van der Waals surface area contributed by atoms with Crippen LogP contribution in [0.4, 0.5) is 0 Å². The maximum atomic E-state index is 13.8. The molecular weight excluding hydrogens is 396 g/mol. The molecule has 2 saturated carbocycles. The lowest BCUT2D eigenvalue weighted by Crippen LogP contribution is -2.70. The first-order valence-electron chi connectivity index (χ1n) is 11.0. The van der Waals surface area contributed by atoms with Gasteiger partial charge in [0.1, 0.15) is 17.8 Å². The van der Waals surface area contributed by atoms with Gasteiger partial charge in [0.25, 0.3) is 0 Å². The maximum Gasteiger partial charge on any atom is 0.351 e. The Hall–Kier alpha value is -2.44. The highest BCUT2D eigenvalue weighted by Gasteiger charge is 2.69. The third-order valence-corrected chi connectivity index (χ3v) is 8.02. The van der Waals surface area contributed by atoms with Gasteiger partial charge in [-0.25, -0.2) is 4.79 Å². The predicted molar refractivity (Wildman–Crippen MR) is 111 cm³/mol. The van der Waals surface area contributed by atoms with Crippen molar-refractivity contribution in [1.29, 1.82) is 0 Å². The van der Waals surface area contributed by atoms with E-state index in [0.717, 1.165) is 18.4 Å². The summed E-state index contributed by atoms with van der Waals surface area (Å²) in [5.74, 6) is -1.49. The third kappa shape index (κ3) is 2.77. The van der Waals surface area contributed by atoms with Crippen molar-refractivity contribution in [3.05, 3.63) is 59.6 Å². The zero-order valence-corrected chi connectivity index (χ0v) is 17.9. The highest BCUT2D eigenvalue weighted by molar-refractivity contribution is 6.22. The largest absolute Gasteiger partial charge is 0.482 e. The van der Waals surface area contributed by atoms with E-state index in [0.29, 0.717) is 19.4 Å². The molecule has 0 radical (unpaired) electrons. The van der Waals surface area contributed by atoms with E-state index in [4.69, 9.17) is 14.2 Å². The molecule has 5 rings (SSSR count). The van der Waals surface area contributed by atoms with Crippen LogP contribution in [0.3, 0.4) is 0 Å². The van der Waals surface area contributed by atoms with Crippen molar-refractivity contribution in [2.75, 3.05) is 0 Å². The quantitative estimate of drug-likeness (QED) is 0.591. The molecule has 31 heavy (non-hydrogen) atoms. The lowest BCUT2D eigenvalue weighted by atomic mass is 9.48. The standard InChI is InChI=1S/C25H28O6/c1-14-19-22(29-13-16-9-5-4-6-10-16)25(28)12-8-7-11-17(25)24(14,3)21(26)18-20(31-19)15(2)30-23(18)27/h4-6,9-10,14,17,19,22,28H,2,7-8,11-13H2,1,3H3/t14-,17+,19+,22-,24-,25+/m1/s1. The fourth-order valence-electron chi connectivity index (χ4n) is 6.24. The maximum absolute atomic E-state index is 13.8. The molecule has 1 aromatic carbocycles. The van der Waals surface area contributed by atoms with Crippen molar-refractivity contribution in [3.8, 4) is 0 Å². The molecule has 0 unspecified atom stereocenters. The molecule has 6 nitrogen and oxygen atoms in total. The number of carbonyl (C=O) groups excluding carboxylic acids is 2. The Balaban J connectivity index is 1.61. The normalized spacial score (nSPS) is 39.4. The van der Waals surface area contributed by atoms with Gasteiger partial charge in [-0.3, -0.25) is 4.79 Å². The van der Waals surface area contributed by atoms with Crippen LogP contribution < -0.4 is 0 Å². The predicted octanol–water partition coefficient (Wildman–Crippen LogP) is 3.44. The van der Waals surface area contributed by atoms with Gasteiger partial charge in [0.15, 0.2) is 17.3 Å². The van der Waals surface area contributed by atoms with E-state index < -0.39 is 29.2 Å². The molecule has 1 aromatic rings. The number of hydrogen-bond acceptors (Lipinski definition) is 6. The van der Waals surface area contributed by atoms with Crippen LogP contribution in [0.5, 0.6) is 0 Å². The Morgan fingerprint density at radius 1 is 1.23 bits per heavy atom. The second kappa shape index (κ2) is 7.04. The van der Waals surface area contributed by atoms with Gasteiger partial charge >= 0.3 is 5.97 Å². The second-order valence-corrected chi connectivity index (χ2v) is 9.51. The van der Waals surface area contributed by atoms with Crippen molar-refractivity contribution in [1.82, 2.24) is 0 Å². The summed E-state index contributed by atoms with van der Waals surface area (Å²) in [6.07, 6.45) is 1.73. The molecule has 6 atom stereocenters. The summed E-state index contributed by atoms with van der Waals surface area (Å²) in [6.45, 7) is 7.93. The Morgan fingerprint density at radius 3 is 2.71 bits per heavy atom. The van der Waals surface area contributed by atoms with Crippen molar-refractivity contribution < 1.29 is 28.9 Å². The van der Waals surface area contributed by atoms with Gasteiger partial charge in [0, 0.05) is 17.3 Å². The van der Waals surface area contributed by atoms with Gasteiger partial charge in [-0.2, -0.15) is 0 Å². The topological polar surface area (TPSA) is 82.1 Å². The average molecular weight is 424 g/mol. The Kier molecular flexibility index (Phi) is 4.65. The number of fused-ring (bicyclic) bond motifs is 4. The molecule has 2 aliphatic heterocycles. The summed E-state index contributed by atoms with van der Waals surface area (Å²) in [6, 6.07) is 9.78. The minimum absolute atomic E-state index is 0.0495. The minimum Gasteiger partial charge on any atom is -0.482 e. The van der Waals surface area contributed by atoms with Crippen molar-refractivity contribution in [2.24, 2.45) is 17.3 Å². The number of rotatable bonds is 3. The fraction of sp³-hybridized carbons (Fsp3) is 0.520. The van der Waals surface area contributed by atoms with Gasteiger partial charge in [-0.1, -0.05) is 63.6 Å². The number of aliphatic hydroxyl groups is 1. The van der Waals surface area contributed by atoms with Crippen LogP contribution in [0.1, 0.15) is 45.1 Å². The van der Waals surface area contributed by atoms with Gasteiger partial charge in [-0.15, -0.1) is 0 Å². The Labute approximate surface area is 181 Å². The number of hydrogen-bond donors (Lipinski definition) is 1. The first-order chi connectivity index (χ1) is 14.8. The summed E-state index contributed by atoms with van der Waals surface area (Å²) >= 11 is 0. The smallest absolute Gasteiger partial charge is 0.351 e. The molecule has 4 aliphatic rings. The summed E-state index contributed by atoms with van der Waals surface area (Å²) < 4.78 is 17.8. The van der Waals surface area contributed by atoms with Crippen LogP contribution in [0.25, 0.3) is 0 Å². The SMILES string of the molecule is C=C1OC(=O)C2=C1O[C@@H]1[C@@H](OCc3ccccc3)[C@]3(O)CCCC[C@H]3[C@](C)(C2=O)[C@@H]1C. The van der Waals surface area contributed by atoms with Crippen LogP contribution in [-0.4, -0.2) is 34.7 Å². The van der Waals surface area contributed by atoms with E-state index in [2.05, 4.69) is 6.58 Å².